The molecule has 19 heavy (non-hydrogen) atoms. The van der Waals surface area contributed by atoms with Gasteiger partial charge in [0.15, 0.2) is 0 Å². The zero-order chi connectivity index (χ0) is 13.8. The number of anilines is 1. The van der Waals surface area contributed by atoms with E-state index in [4.69, 9.17) is 0 Å². The molecule has 0 saturated carbocycles. The second kappa shape index (κ2) is 5.64. The fourth-order valence-electron chi connectivity index (χ4n) is 1.57. The zero-order valence-electron chi connectivity index (χ0n) is 11.4. The zero-order valence-corrected chi connectivity index (χ0v) is 11.4. The quantitative estimate of drug-likeness (QED) is 0.848. The average Bonchev–Trinajstić information content (AvgIpc) is 2.75. The number of nitrogens with zero attached hydrogens (tertiary/aromatic N) is 5. The molecule has 0 amide bonds. The Morgan fingerprint density at radius 2 is 2.16 bits per heavy atom. The van der Waals surface area contributed by atoms with Crippen molar-refractivity contribution in [3.05, 3.63) is 34.8 Å². The van der Waals surface area contributed by atoms with Gasteiger partial charge in [-0.3, -0.25) is 9.48 Å². The number of hydrogen-bond acceptors (Lipinski definition) is 5. The van der Waals surface area contributed by atoms with Crippen LogP contribution in [0.25, 0.3) is 0 Å². The van der Waals surface area contributed by atoms with E-state index in [-0.39, 0.29) is 5.56 Å². The Kier molecular flexibility index (Phi) is 3.94. The molecule has 7 heteroatoms. The second-order valence-corrected chi connectivity index (χ2v) is 4.81. The first-order valence-electron chi connectivity index (χ1n) is 6.20. The largest absolute Gasteiger partial charge is 0.383 e. The molecule has 0 aliphatic heterocycles. The molecule has 102 valence electrons. The van der Waals surface area contributed by atoms with Gasteiger partial charge in [0.05, 0.1) is 11.9 Å². The van der Waals surface area contributed by atoms with Crippen molar-refractivity contribution in [3.8, 4) is 0 Å². The molecular weight excluding hydrogens is 244 g/mol. The van der Waals surface area contributed by atoms with Crippen molar-refractivity contribution >= 4 is 5.69 Å². The maximum Gasteiger partial charge on any atom is 0.269 e. The van der Waals surface area contributed by atoms with Gasteiger partial charge in [-0.15, -0.1) is 0 Å². The van der Waals surface area contributed by atoms with Crippen LogP contribution in [0, 0.1) is 5.92 Å². The number of aryl methyl sites for hydroxylation is 1. The monoisotopic (exact) mass is 262 g/mol. The van der Waals surface area contributed by atoms with Crippen molar-refractivity contribution in [2.75, 3.05) is 11.9 Å². The van der Waals surface area contributed by atoms with E-state index >= 15 is 0 Å². The van der Waals surface area contributed by atoms with Gasteiger partial charge in [-0.1, -0.05) is 13.8 Å². The van der Waals surface area contributed by atoms with E-state index in [1.54, 1.807) is 24.0 Å². The molecule has 2 rings (SSSR count). The molecule has 1 N–H and O–H groups in total. The molecular formula is C12H18N6O. The van der Waals surface area contributed by atoms with Crippen LogP contribution < -0.4 is 10.9 Å². The van der Waals surface area contributed by atoms with E-state index < -0.39 is 0 Å². The van der Waals surface area contributed by atoms with E-state index in [1.807, 2.05) is 0 Å². The molecule has 0 aliphatic rings. The lowest BCUT2D eigenvalue weighted by Crippen LogP contribution is -2.25. The van der Waals surface area contributed by atoms with Gasteiger partial charge in [-0.25, -0.2) is 9.67 Å². The van der Waals surface area contributed by atoms with Gasteiger partial charge in [0, 0.05) is 19.7 Å². The summed E-state index contributed by atoms with van der Waals surface area (Å²) in [6.45, 7) is 5.35. The highest BCUT2D eigenvalue weighted by molar-refractivity contribution is 5.38. The smallest absolute Gasteiger partial charge is 0.269 e. The predicted octanol–water partition coefficient (Wildman–Crippen LogP) is 0.488. The Bertz CT molecular complexity index is 600. The first kappa shape index (κ1) is 13.3. The van der Waals surface area contributed by atoms with Gasteiger partial charge in [0.1, 0.15) is 18.7 Å². The van der Waals surface area contributed by atoms with E-state index in [2.05, 4.69) is 34.3 Å². The standard InChI is InChI=1S/C12H18N6O/c1-9(2)5-13-10-4-12(19)18(15-6-10)7-11-14-8-16-17(11)3/h4,6,8-9,13H,5,7H2,1-3H3. The highest BCUT2D eigenvalue weighted by Gasteiger charge is 2.05. The summed E-state index contributed by atoms with van der Waals surface area (Å²) in [5.74, 6) is 1.21. The molecule has 0 unspecified atom stereocenters. The summed E-state index contributed by atoms with van der Waals surface area (Å²) in [5.41, 5.74) is 0.588. The summed E-state index contributed by atoms with van der Waals surface area (Å²) in [4.78, 5) is 16.0. The molecule has 0 fully saturated rings. The van der Waals surface area contributed by atoms with Crippen LogP contribution in [0.4, 0.5) is 5.69 Å². The van der Waals surface area contributed by atoms with Gasteiger partial charge in [0.2, 0.25) is 0 Å². The lowest BCUT2D eigenvalue weighted by atomic mass is 10.2. The van der Waals surface area contributed by atoms with Crippen molar-refractivity contribution in [2.24, 2.45) is 13.0 Å². The highest BCUT2D eigenvalue weighted by atomic mass is 16.1. The molecule has 2 heterocycles. The number of nitrogens with one attached hydrogen (secondary N) is 1. The van der Waals surface area contributed by atoms with E-state index in [0.29, 0.717) is 18.3 Å². The van der Waals surface area contributed by atoms with Gasteiger partial charge < -0.3 is 5.32 Å². The minimum Gasteiger partial charge on any atom is -0.383 e. The normalized spacial score (nSPS) is 10.9. The van der Waals surface area contributed by atoms with Crippen molar-refractivity contribution in [2.45, 2.75) is 20.4 Å². The summed E-state index contributed by atoms with van der Waals surface area (Å²) in [6.07, 6.45) is 3.11. The molecule has 0 radical (unpaired) electrons. The van der Waals surface area contributed by atoms with Gasteiger partial charge >= 0.3 is 0 Å². The second-order valence-electron chi connectivity index (χ2n) is 4.81. The van der Waals surface area contributed by atoms with Crippen LogP contribution in [0.2, 0.25) is 0 Å². The Morgan fingerprint density at radius 3 is 2.74 bits per heavy atom. The Balaban J connectivity index is 2.11. The summed E-state index contributed by atoms with van der Waals surface area (Å²) in [7, 11) is 1.78. The van der Waals surface area contributed by atoms with E-state index in [1.165, 1.54) is 11.0 Å². The molecule has 2 aromatic heterocycles. The molecule has 0 aliphatic carbocycles. The van der Waals surface area contributed by atoms with Gasteiger partial charge in [0.25, 0.3) is 5.56 Å². The Labute approximate surface area is 111 Å². The summed E-state index contributed by atoms with van der Waals surface area (Å²) in [6, 6.07) is 1.55. The van der Waals surface area contributed by atoms with Crippen LogP contribution in [0.15, 0.2) is 23.4 Å². The maximum atomic E-state index is 11.9. The van der Waals surface area contributed by atoms with Crippen molar-refractivity contribution < 1.29 is 0 Å². The first-order chi connectivity index (χ1) is 9.06. The number of hydrogen-bond donors (Lipinski definition) is 1. The molecule has 2 aromatic rings. The van der Waals surface area contributed by atoms with Crippen LogP contribution in [0.5, 0.6) is 0 Å². The highest BCUT2D eigenvalue weighted by Crippen LogP contribution is 2.02. The topological polar surface area (TPSA) is 77.6 Å². The number of rotatable bonds is 5. The molecule has 0 saturated heterocycles. The molecule has 0 aromatic carbocycles. The first-order valence-corrected chi connectivity index (χ1v) is 6.20. The van der Waals surface area contributed by atoms with Crippen molar-refractivity contribution in [3.63, 3.8) is 0 Å². The van der Waals surface area contributed by atoms with Gasteiger partial charge in [-0.2, -0.15) is 10.2 Å². The Morgan fingerprint density at radius 1 is 1.37 bits per heavy atom. The van der Waals surface area contributed by atoms with Crippen LogP contribution >= 0.6 is 0 Å². The molecule has 0 bridgehead atoms. The predicted molar refractivity (Wildman–Crippen MR) is 71.9 cm³/mol. The lowest BCUT2D eigenvalue weighted by molar-refractivity contribution is 0.580. The molecule has 0 atom stereocenters. The van der Waals surface area contributed by atoms with Crippen molar-refractivity contribution in [1.29, 1.82) is 0 Å². The summed E-state index contributed by atoms with van der Waals surface area (Å²) < 4.78 is 2.99. The third kappa shape index (κ3) is 3.40. The van der Waals surface area contributed by atoms with E-state index in [0.717, 1.165) is 12.2 Å². The summed E-state index contributed by atoms with van der Waals surface area (Å²) >= 11 is 0. The van der Waals surface area contributed by atoms with E-state index in [9.17, 15) is 4.79 Å². The average molecular weight is 262 g/mol. The van der Waals surface area contributed by atoms with Crippen molar-refractivity contribution in [1.82, 2.24) is 24.5 Å². The molecule has 0 spiro atoms. The minimum absolute atomic E-state index is 0.156. The van der Waals surface area contributed by atoms with Gasteiger partial charge in [-0.05, 0) is 5.92 Å². The maximum absolute atomic E-state index is 11.9. The van der Waals surface area contributed by atoms with Crippen LogP contribution in [-0.4, -0.2) is 31.1 Å². The fourth-order valence-corrected chi connectivity index (χ4v) is 1.57. The lowest BCUT2D eigenvalue weighted by Gasteiger charge is -2.09. The molecule has 7 nitrogen and oxygen atoms in total. The third-order valence-electron chi connectivity index (χ3n) is 2.68. The van der Waals surface area contributed by atoms with Crippen LogP contribution in [-0.2, 0) is 13.6 Å². The van der Waals surface area contributed by atoms with Crippen LogP contribution in [0.3, 0.4) is 0 Å². The third-order valence-corrected chi connectivity index (χ3v) is 2.68. The summed E-state index contributed by atoms with van der Waals surface area (Å²) in [5, 5.41) is 11.3. The fraction of sp³-hybridized carbons (Fsp3) is 0.500. The Hall–Kier alpha value is -2.18. The number of aromatic nitrogens is 5. The van der Waals surface area contributed by atoms with Crippen LogP contribution in [0.1, 0.15) is 19.7 Å². The minimum atomic E-state index is -0.156. The SMILES string of the molecule is CC(C)CNc1cnn(Cc2ncnn2C)c(=O)c1.